The monoisotopic (exact) mass is 561 g/mol. The Morgan fingerprint density at radius 1 is 1.00 bits per heavy atom. The lowest BCUT2D eigenvalue weighted by Crippen LogP contribution is -2.47. The fourth-order valence-corrected chi connectivity index (χ4v) is 3.40. The van der Waals surface area contributed by atoms with E-state index < -0.39 is 12.1 Å². The molecule has 1 aliphatic heterocycles. The number of hydrogen-bond donors (Lipinski definition) is 2. The molecule has 0 spiro atoms. The molecule has 2 aromatic carbocycles. The summed E-state index contributed by atoms with van der Waals surface area (Å²) in [5.74, 6) is -3.30. The van der Waals surface area contributed by atoms with E-state index in [2.05, 4.69) is 21.2 Å². The van der Waals surface area contributed by atoms with E-state index in [1.165, 1.54) is 24.3 Å². The molecule has 7 nitrogen and oxygen atoms in total. The lowest BCUT2D eigenvalue weighted by atomic mass is 10.1. The number of nitrogens with one attached hydrogen (secondary N) is 1. The van der Waals surface area contributed by atoms with Gasteiger partial charge in [-0.2, -0.15) is 13.2 Å². The Morgan fingerprint density at radius 3 is 2.06 bits per heavy atom. The number of amides is 2. The van der Waals surface area contributed by atoms with Gasteiger partial charge in [0.2, 0.25) is 5.91 Å². The Bertz CT molecular complexity index is 995. The summed E-state index contributed by atoms with van der Waals surface area (Å²) in [7, 11) is 0. The Balaban J connectivity index is 0.000000540. The van der Waals surface area contributed by atoms with Crippen LogP contribution in [0.3, 0.4) is 0 Å². The lowest BCUT2D eigenvalue weighted by Gasteiger charge is -2.29. The number of carboxylic acid groups (broad SMARTS) is 1. The van der Waals surface area contributed by atoms with Crippen LogP contribution in [0.4, 0.5) is 17.6 Å². The van der Waals surface area contributed by atoms with Gasteiger partial charge in [0, 0.05) is 55.7 Å². The highest BCUT2D eigenvalue weighted by atomic mass is 79.9. The Morgan fingerprint density at radius 2 is 1.54 bits per heavy atom. The summed E-state index contributed by atoms with van der Waals surface area (Å²) in [5.41, 5.74) is 1.38. The lowest BCUT2D eigenvalue weighted by molar-refractivity contribution is -0.192. The SMILES string of the molecule is O=C(CCN(Cc1ccc(Br)cc1)C(=O)c1ccc(F)cc1)N1CCNCC1.O=C(O)C(F)(F)F. The number of halogens is 5. The average Bonchev–Trinajstić information content (AvgIpc) is 2.83. The number of carbonyl (C=O) groups excluding carboxylic acids is 2. The van der Waals surface area contributed by atoms with Gasteiger partial charge in [0.15, 0.2) is 0 Å². The van der Waals surface area contributed by atoms with Crippen molar-refractivity contribution in [3.05, 3.63) is 69.9 Å². The summed E-state index contributed by atoms with van der Waals surface area (Å²) in [4.78, 5) is 37.9. The molecular formula is C23H24BrF4N3O4. The highest BCUT2D eigenvalue weighted by Crippen LogP contribution is 2.16. The van der Waals surface area contributed by atoms with Crippen LogP contribution in [0.2, 0.25) is 0 Å². The summed E-state index contributed by atoms with van der Waals surface area (Å²) < 4.78 is 45.9. The highest BCUT2D eigenvalue weighted by molar-refractivity contribution is 9.10. The molecule has 2 aromatic rings. The molecule has 1 aliphatic rings. The van der Waals surface area contributed by atoms with Crippen molar-refractivity contribution in [2.75, 3.05) is 32.7 Å². The first kappa shape index (κ1) is 28.2. The van der Waals surface area contributed by atoms with Crippen LogP contribution in [0.5, 0.6) is 0 Å². The zero-order valence-electron chi connectivity index (χ0n) is 18.5. The maximum atomic E-state index is 13.2. The second kappa shape index (κ2) is 13.2. The van der Waals surface area contributed by atoms with E-state index in [9.17, 15) is 27.2 Å². The Labute approximate surface area is 207 Å². The smallest absolute Gasteiger partial charge is 0.475 e. The normalized spacial score (nSPS) is 13.5. The third-order valence-corrected chi connectivity index (χ3v) is 5.50. The van der Waals surface area contributed by atoms with Gasteiger partial charge in [-0.3, -0.25) is 9.59 Å². The number of nitrogens with zero attached hydrogens (tertiary/aromatic N) is 2. The molecule has 3 rings (SSSR count). The average molecular weight is 562 g/mol. The molecule has 2 N–H and O–H groups in total. The van der Waals surface area contributed by atoms with Crippen molar-refractivity contribution < 1.29 is 37.1 Å². The number of alkyl halides is 3. The molecule has 1 saturated heterocycles. The molecule has 0 aromatic heterocycles. The summed E-state index contributed by atoms with van der Waals surface area (Å²) in [5, 5.41) is 10.3. The predicted octanol–water partition coefficient (Wildman–Crippen LogP) is 3.69. The van der Waals surface area contributed by atoms with E-state index in [1.807, 2.05) is 29.2 Å². The van der Waals surface area contributed by atoms with Crippen molar-refractivity contribution in [2.24, 2.45) is 0 Å². The quantitative estimate of drug-likeness (QED) is 0.525. The molecule has 0 unspecified atom stereocenters. The minimum Gasteiger partial charge on any atom is -0.475 e. The number of benzene rings is 2. The Hall–Kier alpha value is -2.99. The van der Waals surface area contributed by atoms with E-state index in [-0.39, 0.29) is 24.1 Å². The highest BCUT2D eigenvalue weighted by Gasteiger charge is 2.38. The zero-order chi connectivity index (χ0) is 26.0. The third-order valence-electron chi connectivity index (χ3n) is 4.97. The molecule has 190 valence electrons. The van der Waals surface area contributed by atoms with Gasteiger partial charge in [0.1, 0.15) is 5.82 Å². The van der Waals surface area contributed by atoms with Crippen molar-refractivity contribution in [2.45, 2.75) is 19.1 Å². The van der Waals surface area contributed by atoms with Crippen LogP contribution in [0.25, 0.3) is 0 Å². The first-order valence-corrected chi connectivity index (χ1v) is 11.3. The number of piperazine rings is 1. The molecule has 35 heavy (non-hydrogen) atoms. The molecule has 0 bridgehead atoms. The number of carboxylic acids is 1. The first-order chi connectivity index (χ1) is 16.5. The van der Waals surface area contributed by atoms with E-state index in [1.54, 1.807) is 4.90 Å². The summed E-state index contributed by atoms with van der Waals surface area (Å²) in [6.07, 6.45) is -4.82. The van der Waals surface area contributed by atoms with Crippen LogP contribution in [-0.2, 0) is 16.1 Å². The van der Waals surface area contributed by atoms with Crippen LogP contribution in [0.1, 0.15) is 22.3 Å². The molecular weight excluding hydrogens is 538 g/mol. The number of aliphatic carboxylic acids is 1. The second-order valence-electron chi connectivity index (χ2n) is 7.54. The maximum absolute atomic E-state index is 13.2. The van der Waals surface area contributed by atoms with Crippen molar-refractivity contribution >= 4 is 33.7 Å². The van der Waals surface area contributed by atoms with Crippen LogP contribution >= 0.6 is 15.9 Å². The minimum absolute atomic E-state index is 0.0502. The van der Waals surface area contributed by atoms with Gasteiger partial charge >= 0.3 is 12.1 Å². The largest absolute Gasteiger partial charge is 0.490 e. The molecule has 0 atom stereocenters. The molecule has 1 heterocycles. The van der Waals surface area contributed by atoms with E-state index in [0.717, 1.165) is 23.1 Å². The van der Waals surface area contributed by atoms with E-state index in [0.29, 0.717) is 31.7 Å². The van der Waals surface area contributed by atoms with Crippen molar-refractivity contribution in [3.8, 4) is 0 Å². The van der Waals surface area contributed by atoms with Gasteiger partial charge in [-0.15, -0.1) is 0 Å². The topological polar surface area (TPSA) is 90.0 Å². The van der Waals surface area contributed by atoms with Crippen LogP contribution < -0.4 is 5.32 Å². The third kappa shape index (κ3) is 9.65. The van der Waals surface area contributed by atoms with Gasteiger partial charge < -0.3 is 20.2 Å². The fraction of sp³-hybridized carbons (Fsp3) is 0.348. The summed E-state index contributed by atoms with van der Waals surface area (Å²) in [6, 6.07) is 13.2. The van der Waals surface area contributed by atoms with Crippen molar-refractivity contribution in [3.63, 3.8) is 0 Å². The van der Waals surface area contributed by atoms with Crippen LogP contribution in [0, 0.1) is 5.82 Å². The van der Waals surface area contributed by atoms with Crippen LogP contribution in [0.15, 0.2) is 53.0 Å². The second-order valence-corrected chi connectivity index (χ2v) is 8.46. The zero-order valence-corrected chi connectivity index (χ0v) is 20.1. The molecule has 12 heteroatoms. The summed E-state index contributed by atoms with van der Waals surface area (Å²) >= 11 is 3.41. The van der Waals surface area contributed by atoms with Crippen molar-refractivity contribution in [1.82, 2.24) is 15.1 Å². The maximum Gasteiger partial charge on any atom is 0.490 e. The fourth-order valence-electron chi connectivity index (χ4n) is 3.14. The van der Waals surface area contributed by atoms with E-state index >= 15 is 0 Å². The van der Waals surface area contributed by atoms with Gasteiger partial charge in [-0.1, -0.05) is 28.1 Å². The predicted molar refractivity (Wildman–Crippen MR) is 123 cm³/mol. The number of carbonyl (C=O) groups is 3. The molecule has 0 radical (unpaired) electrons. The van der Waals surface area contributed by atoms with E-state index in [4.69, 9.17) is 9.90 Å². The van der Waals surface area contributed by atoms with Crippen LogP contribution in [-0.4, -0.2) is 71.6 Å². The van der Waals surface area contributed by atoms with Crippen molar-refractivity contribution in [1.29, 1.82) is 0 Å². The van der Waals surface area contributed by atoms with Gasteiger partial charge in [0.25, 0.3) is 5.91 Å². The molecule has 0 saturated carbocycles. The minimum atomic E-state index is -5.08. The molecule has 2 amide bonds. The molecule has 0 aliphatic carbocycles. The Kier molecular flexibility index (Phi) is 10.6. The standard InChI is InChI=1S/C21H23BrFN3O2.C2HF3O2/c22-18-5-1-16(2-6-18)15-26(21(28)17-3-7-19(23)8-4-17)12-9-20(27)25-13-10-24-11-14-25;3-2(4,5)1(6)7/h1-8,24H,9-15H2;(H,6,7). The van der Waals surface area contributed by atoms with Gasteiger partial charge in [-0.05, 0) is 42.0 Å². The number of hydrogen-bond acceptors (Lipinski definition) is 4. The first-order valence-electron chi connectivity index (χ1n) is 10.5. The van der Waals surface area contributed by atoms with Gasteiger partial charge in [0.05, 0.1) is 0 Å². The van der Waals surface area contributed by atoms with Gasteiger partial charge in [-0.25, -0.2) is 9.18 Å². The summed E-state index contributed by atoms with van der Waals surface area (Å²) in [6.45, 7) is 3.67. The molecule has 1 fully saturated rings. The number of rotatable bonds is 6.